The minimum atomic E-state index is -0.994. The molecule has 1 aliphatic heterocycles. The molecule has 0 bridgehead atoms. The van der Waals surface area contributed by atoms with Gasteiger partial charge < -0.3 is 9.47 Å². The first kappa shape index (κ1) is 15.5. The molecule has 112 valence electrons. The van der Waals surface area contributed by atoms with Crippen molar-refractivity contribution >= 4 is 5.97 Å². The fraction of sp³-hybridized carbons (Fsp3) is 0.529. The van der Waals surface area contributed by atoms with Crippen LogP contribution in [0.3, 0.4) is 0 Å². The summed E-state index contributed by atoms with van der Waals surface area (Å²) >= 11 is 0. The molecule has 1 saturated heterocycles. The minimum Gasteiger partial charge on any atom is -0.469 e. The van der Waals surface area contributed by atoms with Gasteiger partial charge in [-0.1, -0.05) is 51.1 Å². The molecule has 21 heavy (non-hydrogen) atoms. The number of rotatable bonds is 2. The van der Waals surface area contributed by atoms with E-state index in [1.54, 1.807) is 0 Å². The lowest BCUT2D eigenvalue weighted by molar-refractivity contribution is -0.147. The van der Waals surface area contributed by atoms with E-state index in [0.29, 0.717) is 6.42 Å². The summed E-state index contributed by atoms with van der Waals surface area (Å²) < 4.78 is 11.0. The van der Waals surface area contributed by atoms with Crippen LogP contribution < -0.4 is 0 Å². The summed E-state index contributed by atoms with van der Waals surface area (Å²) in [6.07, 6.45) is -0.100. The first-order valence-corrected chi connectivity index (χ1v) is 7.06. The fourth-order valence-corrected chi connectivity index (χ4v) is 2.79. The molecule has 1 fully saturated rings. The van der Waals surface area contributed by atoms with Gasteiger partial charge in [0.2, 0.25) is 0 Å². The highest BCUT2D eigenvalue weighted by Gasteiger charge is 2.56. The van der Waals surface area contributed by atoms with Crippen molar-refractivity contribution in [1.29, 1.82) is 5.26 Å². The van der Waals surface area contributed by atoms with E-state index in [-0.39, 0.29) is 5.97 Å². The molecular weight excluding hydrogens is 266 g/mol. The Hall–Kier alpha value is -1.86. The van der Waals surface area contributed by atoms with Gasteiger partial charge in [-0.2, -0.15) is 5.26 Å². The molecule has 4 nitrogen and oxygen atoms in total. The lowest BCUT2D eigenvalue weighted by Gasteiger charge is -2.35. The van der Waals surface area contributed by atoms with Gasteiger partial charge in [-0.25, -0.2) is 0 Å². The van der Waals surface area contributed by atoms with E-state index in [1.165, 1.54) is 7.11 Å². The summed E-state index contributed by atoms with van der Waals surface area (Å²) in [4.78, 5) is 12.1. The fourth-order valence-electron chi connectivity index (χ4n) is 2.79. The maximum atomic E-state index is 12.1. The average molecular weight is 287 g/mol. The van der Waals surface area contributed by atoms with Crippen LogP contribution in [0.4, 0.5) is 0 Å². The summed E-state index contributed by atoms with van der Waals surface area (Å²) in [5.41, 5.74) is -0.488. The van der Waals surface area contributed by atoms with Gasteiger partial charge in [-0.3, -0.25) is 4.79 Å². The van der Waals surface area contributed by atoms with Gasteiger partial charge in [0.1, 0.15) is 0 Å². The molecule has 4 heteroatoms. The van der Waals surface area contributed by atoms with Crippen molar-refractivity contribution in [3.63, 3.8) is 0 Å². The molecule has 0 spiro atoms. The second-order valence-corrected chi connectivity index (χ2v) is 6.47. The summed E-state index contributed by atoms with van der Waals surface area (Å²) in [6, 6.07) is 11.8. The molecule has 0 amide bonds. The summed E-state index contributed by atoms with van der Waals surface area (Å²) in [5, 5.41) is 9.66. The standard InChI is InChI=1S/C17H21NO3/c1-16(2,3)17(11-18)10-13(15(19)20-4)14(21-17)12-8-6-5-7-9-12/h5-9,13-14H,10H2,1-4H3/t13-,14+,17-/m0/s1. The number of nitrogens with zero attached hydrogens (tertiary/aromatic N) is 1. The van der Waals surface area contributed by atoms with Gasteiger partial charge in [-0.15, -0.1) is 0 Å². The molecule has 0 aromatic heterocycles. The zero-order valence-electron chi connectivity index (χ0n) is 12.9. The summed E-state index contributed by atoms with van der Waals surface area (Å²) in [5.74, 6) is -0.790. The number of hydrogen-bond donors (Lipinski definition) is 0. The first-order chi connectivity index (χ1) is 9.84. The van der Waals surface area contributed by atoms with E-state index < -0.39 is 23.0 Å². The molecule has 0 N–H and O–H groups in total. The quantitative estimate of drug-likeness (QED) is 0.783. The Bertz CT molecular complexity index is 556. The molecule has 0 saturated carbocycles. The highest BCUT2D eigenvalue weighted by Crippen LogP contribution is 2.51. The van der Waals surface area contributed by atoms with Gasteiger partial charge >= 0.3 is 5.97 Å². The second kappa shape index (κ2) is 5.50. The molecule has 1 aromatic carbocycles. The Labute approximate surface area is 125 Å². The molecule has 0 radical (unpaired) electrons. The summed E-state index contributed by atoms with van der Waals surface area (Å²) in [6.45, 7) is 5.87. The van der Waals surface area contributed by atoms with Crippen molar-refractivity contribution in [2.45, 2.75) is 38.9 Å². The zero-order valence-corrected chi connectivity index (χ0v) is 12.9. The number of esters is 1. The maximum absolute atomic E-state index is 12.1. The van der Waals surface area contributed by atoms with Crippen LogP contribution in [0, 0.1) is 22.7 Å². The number of methoxy groups -OCH3 is 1. The third-order valence-corrected chi connectivity index (χ3v) is 4.23. The van der Waals surface area contributed by atoms with E-state index in [9.17, 15) is 10.1 Å². The Morgan fingerprint density at radius 3 is 2.48 bits per heavy atom. The summed E-state index contributed by atoms with van der Waals surface area (Å²) in [7, 11) is 1.37. The van der Waals surface area contributed by atoms with Crippen molar-refractivity contribution < 1.29 is 14.3 Å². The molecule has 1 aromatic rings. The lowest BCUT2D eigenvalue weighted by atomic mass is 9.74. The molecule has 3 atom stereocenters. The van der Waals surface area contributed by atoms with E-state index in [0.717, 1.165) is 5.56 Å². The normalized spacial score (nSPS) is 28.9. The lowest BCUT2D eigenvalue weighted by Crippen LogP contribution is -2.41. The van der Waals surface area contributed by atoms with Crippen LogP contribution >= 0.6 is 0 Å². The number of hydrogen-bond acceptors (Lipinski definition) is 4. The topological polar surface area (TPSA) is 59.3 Å². The highest BCUT2D eigenvalue weighted by atomic mass is 16.5. The predicted octanol–water partition coefficient (Wildman–Crippen LogP) is 3.25. The minimum absolute atomic E-state index is 0.328. The van der Waals surface area contributed by atoms with Crippen molar-refractivity contribution in [3.05, 3.63) is 35.9 Å². The van der Waals surface area contributed by atoms with E-state index >= 15 is 0 Å². The number of ether oxygens (including phenoxy) is 2. The van der Waals surface area contributed by atoms with E-state index in [4.69, 9.17) is 9.47 Å². The van der Waals surface area contributed by atoms with Crippen molar-refractivity contribution in [3.8, 4) is 6.07 Å². The molecule has 0 aliphatic carbocycles. The average Bonchev–Trinajstić information content (AvgIpc) is 2.88. The van der Waals surface area contributed by atoms with Crippen LogP contribution in [0.15, 0.2) is 30.3 Å². The van der Waals surface area contributed by atoms with Gasteiger partial charge in [-0.05, 0) is 5.56 Å². The van der Waals surface area contributed by atoms with Crippen LogP contribution in [-0.4, -0.2) is 18.7 Å². The molecule has 1 heterocycles. The Morgan fingerprint density at radius 1 is 1.38 bits per heavy atom. The number of carbonyl (C=O) groups excluding carboxylic acids is 1. The van der Waals surface area contributed by atoms with Crippen LogP contribution in [0.5, 0.6) is 0 Å². The highest BCUT2D eigenvalue weighted by molar-refractivity contribution is 5.74. The van der Waals surface area contributed by atoms with Crippen LogP contribution in [0.2, 0.25) is 0 Å². The van der Waals surface area contributed by atoms with Crippen LogP contribution in [0.1, 0.15) is 38.9 Å². The second-order valence-electron chi connectivity index (χ2n) is 6.47. The maximum Gasteiger partial charge on any atom is 0.311 e. The molecule has 2 rings (SSSR count). The largest absolute Gasteiger partial charge is 0.469 e. The van der Waals surface area contributed by atoms with Crippen LogP contribution in [-0.2, 0) is 14.3 Å². The third-order valence-electron chi connectivity index (χ3n) is 4.23. The zero-order chi connectivity index (χ0) is 15.7. The number of nitriles is 1. The van der Waals surface area contributed by atoms with Crippen molar-refractivity contribution in [2.24, 2.45) is 11.3 Å². The monoisotopic (exact) mass is 287 g/mol. The predicted molar refractivity (Wildman–Crippen MR) is 78.2 cm³/mol. The van der Waals surface area contributed by atoms with Crippen LogP contribution in [0.25, 0.3) is 0 Å². The number of benzene rings is 1. The van der Waals surface area contributed by atoms with Gasteiger partial charge in [0.25, 0.3) is 0 Å². The van der Waals surface area contributed by atoms with Crippen molar-refractivity contribution in [1.82, 2.24) is 0 Å². The first-order valence-electron chi connectivity index (χ1n) is 7.06. The molecule has 0 unspecified atom stereocenters. The molecular formula is C17H21NO3. The number of carbonyl (C=O) groups is 1. The molecule has 1 aliphatic rings. The van der Waals surface area contributed by atoms with Gasteiger partial charge in [0, 0.05) is 11.8 Å². The van der Waals surface area contributed by atoms with E-state index in [1.807, 2.05) is 51.1 Å². The Morgan fingerprint density at radius 2 is 2.00 bits per heavy atom. The Kier molecular flexibility index (Phi) is 4.06. The van der Waals surface area contributed by atoms with E-state index in [2.05, 4.69) is 6.07 Å². The van der Waals surface area contributed by atoms with Gasteiger partial charge in [0.05, 0.1) is 25.2 Å². The van der Waals surface area contributed by atoms with Gasteiger partial charge in [0.15, 0.2) is 5.60 Å². The smallest absolute Gasteiger partial charge is 0.311 e. The SMILES string of the molecule is COC(=O)[C@H]1C[C@](C#N)(C(C)(C)C)O[C@@H]1c1ccccc1. The Balaban J connectivity index is 2.44. The van der Waals surface area contributed by atoms with Crippen molar-refractivity contribution in [2.75, 3.05) is 7.11 Å². The third kappa shape index (κ3) is 2.66.